The number of nitrogens with one attached hydrogen (secondary N) is 3. The number of benzene rings is 1. The van der Waals surface area contributed by atoms with E-state index in [1.54, 1.807) is 6.07 Å². The van der Waals surface area contributed by atoms with E-state index in [4.69, 9.17) is 0 Å². The van der Waals surface area contributed by atoms with Crippen LogP contribution in [0.15, 0.2) is 29.1 Å². The highest BCUT2D eigenvalue weighted by Gasteiger charge is 2.17. The van der Waals surface area contributed by atoms with E-state index in [2.05, 4.69) is 20.8 Å². The van der Waals surface area contributed by atoms with Crippen LogP contribution >= 0.6 is 0 Å². The Kier molecular flexibility index (Phi) is 5.46. The highest BCUT2D eigenvalue weighted by Crippen LogP contribution is 2.27. The molecule has 1 aliphatic carbocycles. The molecule has 0 radical (unpaired) electrons. The fraction of sp³-hybridized carbons (Fsp3) is 0.500. The lowest BCUT2D eigenvalue weighted by Gasteiger charge is -2.10. The molecule has 0 atom stereocenters. The van der Waals surface area contributed by atoms with Crippen molar-refractivity contribution in [3.63, 3.8) is 0 Å². The molecule has 1 aliphatic rings. The van der Waals surface area contributed by atoms with Gasteiger partial charge in [0, 0.05) is 24.9 Å². The van der Waals surface area contributed by atoms with Crippen LogP contribution in [0.4, 0.5) is 5.82 Å². The van der Waals surface area contributed by atoms with Gasteiger partial charge >= 0.3 is 0 Å². The van der Waals surface area contributed by atoms with Crippen molar-refractivity contribution < 1.29 is 4.79 Å². The minimum absolute atomic E-state index is 0.162. The Morgan fingerprint density at radius 2 is 1.92 bits per heavy atom. The number of hydrogen-bond donors (Lipinski definition) is 3. The normalized spacial score (nSPS) is 14.8. The summed E-state index contributed by atoms with van der Waals surface area (Å²) in [6.45, 7) is 1.34. The van der Waals surface area contributed by atoms with Crippen molar-refractivity contribution in [1.82, 2.24) is 15.5 Å². The zero-order valence-corrected chi connectivity index (χ0v) is 13.8. The number of aromatic nitrogens is 2. The molecule has 1 aromatic heterocycles. The Hall–Kier alpha value is -2.37. The minimum atomic E-state index is -0.185. The number of anilines is 1. The van der Waals surface area contributed by atoms with Crippen LogP contribution in [0.3, 0.4) is 0 Å². The van der Waals surface area contributed by atoms with E-state index < -0.39 is 0 Å². The molecule has 3 rings (SSSR count). The van der Waals surface area contributed by atoms with E-state index in [-0.39, 0.29) is 11.5 Å². The summed E-state index contributed by atoms with van der Waals surface area (Å²) >= 11 is 0. The Morgan fingerprint density at radius 3 is 2.71 bits per heavy atom. The molecule has 2 aromatic rings. The van der Waals surface area contributed by atoms with Gasteiger partial charge in [-0.15, -0.1) is 0 Å². The molecule has 0 unspecified atom stereocenters. The van der Waals surface area contributed by atoms with Gasteiger partial charge in [0.25, 0.3) is 5.56 Å². The van der Waals surface area contributed by atoms with E-state index in [9.17, 15) is 9.59 Å². The first-order valence-corrected chi connectivity index (χ1v) is 8.72. The van der Waals surface area contributed by atoms with Crippen molar-refractivity contribution in [2.45, 2.75) is 38.5 Å². The fourth-order valence-corrected chi connectivity index (χ4v) is 3.32. The summed E-state index contributed by atoms with van der Waals surface area (Å²) in [6.07, 6.45) is 6.40. The molecule has 1 amide bonds. The van der Waals surface area contributed by atoms with Gasteiger partial charge in [0.15, 0.2) is 5.82 Å². The summed E-state index contributed by atoms with van der Waals surface area (Å²) in [5, 5.41) is 14.2. The van der Waals surface area contributed by atoms with Crippen LogP contribution in [0.5, 0.6) is 0 Å². The predicted molar refractivity (Wildman–Crippen MR) is 95.1 cm³/mol. The number of nitrogens with zero attached hydrogens (tertiary/aromatic N) is 1. The van der Waals surface area contributed by atoms with E-state index in [0.717, 1.165) is 11.8 Å². The maximum Gasteiger partial charge on any atom is 0.272 e. The van der Waals surface area contributed by atoms with Crippen LogP contribution in [0.2, 0.25) is 0 Å². The van der Waals surface area contributed by atoms with Gasteiger partial charge in [-0.2, -0.15) is 5.10 Å². The number of amides is 1. The molecule has 3 N–H and O–H groups in total. The van der Waals surface area contributed by atoms with Crippen molar-refractivity contribution >= 4 is 22.5 Å². The molecule has 128 valence electrons. The second-order valence-electron chi connectivity index (χ2n) is 6.43. The topological polar surface area (TPSA) is 86.9 Å². The first-order chi connectivity index (χ1) is 11.7. The summed E-state index contributed by atoms with van der Waals surface area (Å²) in [4.78, 5) is 23.6. The summed E-state index contributed by atoms with van der Waals surface area (Å²) in [5.74, 6) is 1.41. The third-order valence-corrected chi connectivity index (χ3v) is 4.61. The van der Waals surface area contributed by atoms with Gasteiger partial charge in [-0.05, 0) is 31.2 Å². The number of carbonyl (C=O) groups excluding carboxylic acids is 1. The highest BCUT2D eigenvalue weighted by molar-refractivity contribution is 5.90. The lowest BCUT2D eigenvalue weighted by Crippen LogP contribution is -2.27. The summed E-state index contributed by atoms with van der Waals surface area (Å²) < 4.78 is 0. The summed E-state index contributed by atoms with van der Waals surface area (Å²) in [6, 6.07) is 7.38. The van der Waals surface area contributed by atoms with Gasteiger partial charge < -0.3 is 10.6 Å². The zero-order chi connectivity index (χ0) is 16.8. The van der Waals surface area contributed by atoms with E-state index in [0.29, 0.717) is 36.6 Å². The van der Waals surface area contributed by atoms with Crippen molar-refractivity contribution in [2.24, 2.45) is 5.92 Å². The maximum absolute atomic E-state index is 11.9. The summed E-state index contributed by atoms with van der Waals surface area (Å²) in [5.41, 5.74) is -0.185. The second kappa shape index (κ2) is 7.95. The molecule has 1 heterocycles. The Labute approximate surface area is 141 Å². The summed E-state index contributed by atoms with van der Waals surface area (Å²) in [7, 11) is 0. The number of H-pyrrole nitrogens is 1. The molecular formula is C18H24N4O2. The molecule has 0 aliphatic heterocycles. The molecule has 1 fully saturated rings. The van der Waals surface area contributed by atoms with Gasteiger partial charge in [-0.25, -0.2) is 5.10 Å². The van der Waals surface area contributed by atoms with Crippen molar-refractivity contribution in [2.75, 3.05) is 18.4 Å². The molecule has 6 heteroatoms. The second-order valence-corrected chi connectivity index (χ2v) is 6.43. The first kappa shape index (κ1) is 16.5. The SMILES string of the molecule is O=C(CC1CCCC1)NCCCNc1n[nH]c(=O)c2ccccc12. The molecular weight excluding hydrogens is 304 g/mol. The number of rotatable bonds is 7. The average molecular weight is 328 g/mol. The van der Waals surface area contributed by atoms with Crippen LogP contribution in [0, 0.1) is 5.92 Å². The van der Waals surface area contributed by atoms with Gasteiger partial charge in [-0.3, -0.25) is 9.59 Å². The lowest BCUT2D eigenvalue weighted by atomic mass is 10.0. The molecule has 1 aromatic carbocycles. The van der Waals surface area contributed by atoms with Crippen LogP contribution < -0.4 is 16.2 Å². The minimum Gasteiger partial charge on any atom is -0.368 e. The smallest absolute Gasteiger partial charge is 0.272 e. The molecule has 6 nitrogen and oxygen atoms in total. The maximum atomic E-state index is 11.9. The number of hydrogen-bond acceptors (Lipinski definition) is 4. The van der Waals surface area contributed by atoms with Gasteiger partial charge in [0.1, 0.15) is 0 Å². The van der Waals surface area contributed by atoms with Crippen LogP contribution in [-0.4, -0.2) is 29.2 Å². The molecule has 0 bridgehead atoms. The quantitative estimate of drug-likeness (QED) is 0.681. The third-order valence-electron chi connectivity index (χ3n) is 4.61. The van der Waals surface area contributed by atoms with Gasteiger partial charge in [0.05, 0.1) is 5.39 Å². The standard InChI is InChI=1S/C18H24N4O2/c23-16(12-13-6-1-2-7-13)19-10-5-11-20-17-14-8-3-4-9-15(14)18(24)22-21-17/h3-4,8-9,13H,1-2,5-7,10-12H2,(H,19,23)(H,20,21)(H,22,24). The van der Waals surface area contributed by atoms with Crippen molar-refractivity contribution in [1.29, 1.82) is 0 Å². The zero-order valence-electron chi connectivity index (χ0n) is 13.8. The Morgan fingerprint density at radius 1 is 1.17 bits per heavy atom. The largest absolute Gasteiger partial charge is 0.368 e. The van der Waals surface area contributed by atoms with E-state index in [1.807, 2.05) is 18.2 Å². The Bertz CT molecular complexity index is 750. The van der Waals surface area contributed by atoms with Crippen LogP contribution in [0.1, 0.15) is 38.5 Å². The molecule has 0 saturated heterocycles. The van der Waals surface area contributed by atoms with E-state index >= 15 is 0 Å². The number of aromatic amines is 1. The number of carbonyl (C=O) groups is 1. The Balaban J connectivity index is 1.43. The molecule has 1 saturated carbocycles. The monoisotopic (exact) mass is 328 g/mol. The number of fused-ring (bicyclic) bond motifs is 1. The molecule has 24 heavy (non-hydrogen) atoms. The first-order valence-electron chi connectivity index (χ1n) is 8.72. The molecule has 0 spiro atoms. The van der Waals surface area contributed by atoms with Crippen molar-refractivity contribution in [3.8, 4) is 0 Å². The van der Waals surface area contributed by atoms with Gasteiger partial charge in [0.2, 0.25) is 5.91 Å². The lowest BCUT2D eigenvalue weighted by molar-refractivity contribution is -0.121. The van der Waals surface area contributed by atoms with Crippen LogP contribution in [-0.2, 0) is 4.79 Å². The van der Waals surface area contributed by atoms with Crippen LogP contribution in [0.25, 0.3) is 10.8 Å². The van der Waals surface area contributed by atoms with E-state index in [1.165, 1.54) is 25.7 Å². The highest BCUT2D eigenvalue weighted by atomic mass is 16.1. The fourth-order valence-electron chi connectivity index (χ4n) is 3.32. The predicted octanol–water partition coefficient (Wildman–Crippen LogP) is 2.42. The average Bonchev–Trinajstić information content (AvgIpc) is 3.09. The van der Waals surface area contributed by atoms with Gasteiger partial charge in [-0.1, -0.05) is 31.0 Å². The van der Waals surface area contributed by atoms with Crippen molar-refractivity contribution in [3.05, 3.63) is 34.6 Å². The third kappa shape index (κ3) is 4.13.